The van der Waals surface area contributed by atoms with Gasteiger partial charge in [0.25, 0.3) is 0 Å². The molecule has 7 heteroatoms. The van der Waals surface area contributed by atoms with Gasteiger partial charge in [0.2, 0.25) is 0 Å². The fourth-order valence-corrected chi connectivity index (χ4v) is 4.99. The van der Waals surface area contributed by atoms with E-state index >= 15 is 0 Å². The lowest BCUT2D eigenvalue weighted by molar-refractivity contribution is 0.414. The quantitative estimate of drug-likeness (QED) is 0.244. The fraction of sp³-hybridized carbons (Fsp3) is 0.208. The van der Waals surface area contributed by atoms with E-state index in [0.717, 1.165) is 61.7 Å². The van der Waals surface area contributed by atoms with Gasteiger partial charge in [-0.05, 0) is 54.1 Å². The van der Waals surface area contributed by atoms with Crippen molar-refractivity contribution in [1.29, 1.82) is 0 Å². The second kappa shape index (κ2) is 9.94. The highest BCUT2D eigenvalue weighted by Crippen LogP contribution is 2.34. The molecule has 0 fully saturated rings. The summed E-state index contributed by atoms with van der Waals surface area (Å²) in [6, 6.07) is 20.2. The first kappa shape index (κ1) is 21.3. The summed E-state index contributed by atoms with van der Waals surface area (Å²) in [5.41, 5.74) is 11.3. The minimum Gasteiger partial charge on any atom is -0.497 e. The van der Waals surface area contributed by atoms with Crippen molar-refractivity contribution in [3.8, 4) is 22.1 Å². The molecule has 4 rings (SSSR count). The number of hydrogen-bond donors (Lipinski definition) is 2. The Kier molecular flexibility index (Phi) is 6.84. The van der Waals surface area contributed by atoms with E-state index in [0.29, 0.717) is 0 Å². The normalized spacial score (nSPS) is 10.9. The highest BCUT2D eigenvalue weighted by atomic mass is 32.2. The van der Waals surface area contributed by atoms with Gasteiger partial charge >= 0.3 is 0 Å². The molecule has 5 nitrogen and oxygen atoms in total. The zero-order chi connectivity index (χ0) is 21.6. The van der Waals surface area contributed by atoms with Crippen LogP contribution in [0, 0.1) is 0 Å². The third kappa shape index (κ3) is 5.24. The lowest BCUT2D eigenvalue weighted by Gasteiger charge is -2.10. The third-order valence-electron chi connectivity index (χ3n) is 4.88. The minimum absolute atomic E-state index is 0.731. The Morgan fingerprint density at radius 2 is 1.74 bits per heavy atom. The number of nitrogens with zero attached hydrogens (tertiary/aromatic N) is 1. The number of rotatable bonds is 9. The molecule has 0 unspecified atom stereocenters. The average molecular weight is 452 g/mol. The predicted molar refractivity (Wildman–Crippen MR) is 134 cm³/mol. The smallest absolute Gasteiger partial charge is 0.124 e. The van der Waals surface area contributed by atoms with Gasteiger partial charge in [0.1, 0.15) is 16.5 Å². The zero-order valence-corrected chi connectivity index (χ0v) is 19.2. The summed E-state index contributed by atoms with van der Waals surface area (Å²) in [5.74, 6) is 3.70. The van der Waals surface area contributed by atoms with E-state index in [9.17, 15) is 0 Å². The number of nitrogen functional groups attached to an aromatic ring is 1. The van der Waals surface area contributed by atoms with Crippen molar-refractivity contribution >= 4 is 44.7 Å². The van der Waals surface area contributed by atoms with Crippen LogP contribution in [0.4, 0.5) is 11.4 Å². The Morgan fingerprint density at radius 1 is 0.968 bits per heavy atom. The Balaban J connectivity index is 1.32. The monoisotopic (exact) mass is 451 g/mol. The number of nitrogens with one attached hydrogen (secondary N) is 1. The SMILES string of the molecule is COc1ccc(CSCCNc2ccc(-c3nc4ccc(OC)cc4s3)cc2N)cc1. The highest BCUT2D eigenvalue weighted by molar-refractivity contribution is 7.98. The Morgan fingerprint density at radius 3 is 2.48 bits per heavy atom. The summed E-state index contributed by atoms with van der Waals surface area (Å²) >= 11 is 3.53. The maximum absolute atomic E-state index is 6.31. The standard InChI is InChI=1S/C24H25N3O2S2/c1-28-18-6-3-16(4-7-18)15-30-12-11-26-21-9-5-17(13-20(21)25)24-27-22-10-8-19(29-2)14-23(22)31-24/h3-10,13-14,26H,11-12,15,25H2,1-2H3. The van der Waals surface area contributed by atoms with E-state index in [-0.39, 0.29) is 0 Å². The van der Waals surface area contributed by atoms with Crippen molar-refractivity contribution in [1.82, 2.24) is 4.98 Å². The molecule has 0 radical (unpaired) electrons. The largest absolute Gasteiger partial charge is 0.497 e. The number of aromatic nitrogens is 1. The Bertz CT molecular complexity index is 1160. The molecule has 0 aliphatic heterocycles. The maximum Gasteiger partial charge on any atom is 0.124 e. The summed E-state index contributed by atoms with van der Waals surface area (Å²) in [6.45, 7) is 0.852. The molecule has 1 heterocycles. The second-order valence-corrected chi connectivity index (χ2v) is 9.12. The van der Waals surface area contributed by atoms with Gasteiger partial charge in [0.15, 0.2) is 0 Å². The molecule has 3 N–H and O–H groups in total. The molecule has 160 valence electrons. The second-order valence-electron chi connectivity index (χ2n) is 6.98. The Labute approximate surface area is 190 Å². The van der Waals surface area contributed by atoms with Gasteiger partial charge in [-0.2, -0.15) is 11.8 Å². The number of thiazole rings is 1. The summed E-state index contributed by atoms with van der Waals surface area (Å²) in [7, 11) is 3.36. The molecule has 0 amide bonds. The van der Waals surface area contributed by atoms with Gasteiger partial charge in [0, 0.05) is 23.6 Å². The molecular weight excluding hydrogens is 426 g/mol. The number of thioether (sulfide) groups is 1. The molecule has 0 saturated heterocycles. The van der Waals surface area contributed by atoms with Crippen LogP contribution in [-0.4, -0.2) is 31.5 Å². The summed E-state index contributed by atoms with van der Waals surface area (Å²) in [4.78, 5) is 4.73. The molecular formula is C24H25N3O2S2. The molecule has 0 atom stereocenters. The molecule has 0 bridgehead atoms. The topological polar surface area (TPSA) is 69.4 Å². The van der Waals surface area contributed by atoms with Crippen molar-refractivity contribution in [2.24, 2.45) is 0 Å². The molecule has 1 aromatic heterocycles. The molecule has 0 aliphatic rings. The third-order valence-corrected chi connectivity index (χ3v) is 6.98. The van der Waals surface area contributed by atoms with Crippen molar-refractivity contribution in [2.75, 3.05) is 37.6 Å². The number of ether oxygens (including phenoxy) is 2. The van der Waals surface area contributed by atoms with Crippen LogP contribution < -0.4 is 20.5 Å². The van der Waals surface area contributed by atoms with Crippen LogP contribution in [0.25, 0.3) is 20.8 Å². The summed E-state index contributed by atoms with van der Waals surface area (Å²) < 4.78 is 11.6. The molecule has 0 aliphatic carbocycles. The minimum atomic E-state index is 0.731. The van der Waals surface area contributed by atoms with Crippen molar-refractivity contribution in [3.05, 3.63) is 66.2 Å². The number of fused-ring (bicyclic) bond motifs is 1. The molecule has 0 spiro atoms. The van der Waals surface area contributed by atoms with Gasteiger partial charge in [0.05, 0.1) is 35.8 Å². The summed E-state index contributed by atoms with van der Waals surface area (Å²) in [5, 5.41) is 4.39. The maximum atomic E-state index is 6.31. The van der Waals surface area contributed by atoms with Gasteiger partial charge in [-0.1, -0.05) is 12.1 Å². The molecule has 31 heavy (non-hydrogen) atoms. The van der Waals surface area contributed by atoms with Gasteiger partial charge in [-0.25, -0.2) is 4.98 Å². The zero-order valence-electron chi connectivity index (χ0n) is 17.6. The molecule has 3 aromatic carbocycles. The lowest BCUT2D eigenvalue weighted by atomic mass is 10.2. The van der Waals surface area contributed by atoms with E-state index in [2.05, 4.69) is 23.5 Å². The van der Waals surface area contributed by atoms with E-state index in [1.165, 1.54) is 5.56 Å². The number of anilines is 2. The van der Waals surface area contributed by atoms with Crippen molar-refractivity contribution in [3.63, 3.8) is 0 Å². The van der Waals surface area contributed by atoms with Crippen molar-refractivity contribution < 1.29 is 9.47 Å². The van der Waals surface area contributed by atoms with Crippen LogP contribution in [0.1, 0.15) is 5.56 Å². The van der Waals surface area contributed by atoms with E-state index in [4.69, 9.17) is 20.2 Å². The van der Waals surface area contributed by atoms with Crippen molar-refractivity contribution in [2.45, 2.75) is 5.75 Å². The first-order valence-electron chi connectivity index (χ1n) is 9.95. The first-order valence-corrected chi connectivity index (χ1v) is 11.9. The van der Waals surface area contributed by atoms with Gasteiger partial charge in [-0.3, -0.25) is 0 Å². The average Bonchev–Trinajstić information content (AvgIpc) is 3.23. The van der Waals surface area contributed by atoms with Gasteiger partial charge in [-0.15, -0.1) is 11.3 Å². The van der Waals surface area contributed by atoms with Gasteiger partial charge < -0.3 is 20.5 Å². The lowest BCUT2D eigenvalue weighted by Crippen LogP contribution is -2.06. The first-order chi connectivity index (χ1) is 15.2. The summed E-state index contributed by atoms with van der Waals surface area (Å²) in [6.07, 6.45) is 0. The van der Waals surface area contributed by atoms with Crippen LogP contribution >= 0.6 is 23.1 Å². The van der Waals surface area contributed by atoms with E-state index in [1.807, 2.05) is 54.2 Å². The fourth-order valence-electron chi connectivity index (χ4n) is 3.18. The van der Waals surface area contributed by atoms with Crippen LogP contribution in [-0.2, 0) is 5.75 Å². The molecule has 0 saturated carbocycles. The van der Waals surface area contributed by atoms with E-state index in [1.54, 1.807) is 25.6 Å². The highest BCUT2D eigenvalue weighted by Gasteiger charge is 2.09. The van der Waals surface area contributed by atoms with Crippen LogP contribution in [0.2, 0.25) is 0 Å². The molecule has 4 aromatic rings. The van der Waals surface area contributed by atoms with E-state index < -0.39 is 0 Å². The predicted octanol–water partition coefficient (Wildman–Crippen LogP) is 5.91. The number of benzene rings is 3. The number of methoxy groups -OCH3 is 2. The van der Waals surface area contributed by atoms with Crippen LogP contribution in [0.5, 0.6) is 11.5 Å². The Hall–Kier alpha value is -2.90. The number of hydrogen-bond acceptors (Lipinski definition) is 7. The van der Waals surface area contributed by atoms with Crippen LogP contribution in [0.3, 0.4) is 0 Å². The van der Waals surface area contributed by atoms with Crippen LogP contribution in [0.15, 0.2) is 60.7 Å². The number of nitrogens with two attached hydrogens (primary N) is 1.